The first-order valence-electron chi connectivity index (χ1n) is 7.39. The molecule has 1 aromatic heterocycles. The van der Waals surface area contributed by atoms with Crippen LogP contribution in [0.15, 0.2) is 53.4 Å². The Hall–Kier alpha value is -2.25. The fourth-order valence-corrected chi connectivity index (χ4v) is 4.48. The monoisotopic (exact) mass is 360 g/mol. The number of sulfone groups is 1. The molecule has 0 unspecified atom stereocenters. The lowest BCUT2D eigenvalue weighted by Crippen LogP contribution is -2.17. The average Bonchev–Trinajstić information content (AvgIpc) is 2.95. The van der Waals surface area contributed by atoms with Crippen molar-refractivity contribution < 1.29 is 13.2 Å². The van der Waals surface area contributed by atoms with Crippen LogP contribution in [-0.4, -0.2) is 25.1 Å². The number of benzene rings is 2. The van der Waals surface area contributed by atoms with Crippen LogP contribution in [0.3, 0.4) is 0 Å². The molecule has 1 amide bonds. The summed E-state index contributed by atoms with van der Waals surface area (Å²) in [7, 11) is -3.46. The molecule has 3 rings (SSSR count). The van der Waals surface area contributed by atoms with E-state index in [1.807, 2.05) is 25.1 Å². The lowest BCUT2D eigenvalue weighted by Gasteiger charge is -2.04. The third-order valence-electron chi connectivity index (χ3n) is 3.49. The number of hydrogen-bond donors (Lipinski definition) is 1. The molecule has 2 aromatic carbocycles. The highest BCUT2D eigenvalue weighted by atomic mass is 32.2. The number of hydrogen-bond acceptors (Lipinski definition) is 5. The van der Waals surface area contributed by atoms with E-state index < -0.39 is 9.84 Å². The van der Waals surface area contributed by atoms with Gasteiger partial charge in [-0.25, -0.2) is 13.4 Å². The molecule has 0 saturated carbocycles. The minimum absolute atomic E-state index is 0.105. The number of aromatic nitrogens is 1. The Morgan fingerprint density at radius 2 is 1.92 bits per heavy atom. The molecule has 0 aliphatic carbocycles. The second-order valence-corrected chi connectivity index (χ2v) is 8.56. The summed E-state index contributed by atoms with van der Waals surface area (Å²) < 4.78 is 25.3. The molecule has 1 N–H and O–H groups in total. The number of rotatable bonds is 5. The van der Waals surface area contributed by atoms with Gasteiger partial charge < -0.3 is 5.32 Å². The first-order valence-corrected chi connectivity index (χ1v) is 9.86. The van der Waals surface area contributed by atoms with E-state index in [1.165, 1.54) is 23.5 Å². The molecule has 0 spiro atoms. The van der Waals surface area contributed by atoms with Crippen LogP contribution < -0.4 is 5.32 Å². The van der Waals surface area contributed by atoms with Gasteiger partial charge in [0.05, 0.1) is 20.9 Å². The molecule has 0 bridgehead atoms. The van der Waals surface area contributed by atoms with Crippen LogP contribution in [0.5, 0.6) is 0 Å². The van der Waals surface area contributed by atoms with Crippen molar-refractivity contribution in [3.05, 3.63) is 54.1 Å². The molecule has 3 aromatic rings. The molecule has 0 radical (unpaired) electrons. The number of thiazole rings is 1. The predicted octanol–water partition coefficient (Wildman–Crippen LogP) is 3.41. The van der Waals surface area contributed by atoms with Crippen LogP contribution in [0.2, 0.25) is 0 Å². The molecular weight excluding hydrogens is 344 g/mol. The molecule has 0 aliphatic rings. The fraction of sp³-hybridized carbons (Fsp3) is 0.176. The number of nitrogens with one attached hydrogen (secondary N) is 1. The molecule has 124 valence electrons. The molecule has 24 heavy (non-hydrogen) atoms. The number of carbonyl (C=O) groups is 1. The quantitative estimate of drug-likeness (QED) is 0.756. The maximum absolute atomic E-state index is 12.2. The van der Waals surface area contributed by atoms with Crippen molar-refractivity contribution in [1.29, 1.82) is 0 Å². The number of nitrogens with zero attached hydrogens (tertiary/aromatic N) is 1. The highest BCUT2D eigenvalue weighted by molar-refractivity contribution is 7.91. The summed E-state index contributed by atoms with van der Waals surface area (Å²) in [5.74, 6) is -0.586. The Kier molecular flexibility index (Phi) is 4.64. The molecule has 1 heterocycles. The summed E-state index contributed by atoms with van der Waals surface area (Å²) in [4.78, 5) is 16.6. The smallest absolute Gasteiger partial charge is 0.227 e. The summed E-state index contributed by atoms with van der Waals surface area (Å²) in [5, 5.41) is 3.16. The van der Waals surface area contributed by atoms with E-state index in [1.54, 1.807) is 18.2 Å². The fourth-order valence-electron chi connectivity index (χ4n) is 2.24. The Balaban J connectivity index is 1.65. The van der Waals surface area contributed by atoms with Crippen molar-refractivity contribution in [3.8, 4) is 0 Å². The Bertz CT molecular complexity index is 979. The van der Waals surface area contributed by atoms with Crippen LogP contribution in [0.25, 0.3) is 10.2 Å². The number of aryl methyl sites for hydroxylation is 1. The number of anilines is 1. The summed E-state index contributed by atoms with van der Waals surface area (Å²) in [5.41, 5.74) is 1.94. The predicted molar refractivity (Wildman–Crippen MR) is 96.1 cm³/mol. The van der Waals surface area contributed by atoms with Gasteiger partial charge in [0.1, 0.15) is 0 Å². The van der Waals surface area contributed by atoms with Crippen molar-refractivity contribution in [3.63, 3.8) is 0 Å². The van der Waals surface area contributed by atoms with E-state index in [-0.39, 0.29) is 23.0 Å². The van der Waals surface area contributed by atoms with E-state index >= 15 is 0 Å². The van der Waals surface area contributed by atoms with Gasteiger partial charge in [-0.1, -0.05) is 35.6 Å². The van der Waals surface area contributed by atoms with E-state index in [0.717, 1.165) is 15.8 Å². The van der Waals surface area contributed by atoms with Crippen molar-refractivity contribution in [1.82, 2.24) is 4.98 Å². The average molecular weight is 360 g/mol. The second kappa shape index (κ2) is 6.70. The lowest BCUT2D eigenvalue weighted by molar-refractivity contribution is -0.115. The number of fused-ring (bicyclic) bond motifs is 1. The SMILES string of the molecule is Cc1ccc2nc(NC(=O)CCS(=O)(=O)c3ccccc3)sc2c1. The van der Waals surface area contributed by atoms with Gasteiger partial charge in [0.25, 0.3) is 0 Å². The largest absolute Gasteiger partial charge is 0.302 e. The summed E-state index contributed by atoms with van der Waals surface area (Å²) >= 11 is 1.38. The summed E-state index contributed by atoms with van der Waals surface area (Å²) in [6.45, 7) is 1.99. The second-order valence-electron chi connectivity index (χ2n) is 5.42. The molecule has 0 saturated heterocycles. The Labute approximate surface area is 144 Å². The van der Waals surface area contributed by atoms with E-state index in [4.69, 9.17) is 0 Å². The van der Waals surface area contributed by atoms with Gasteiger partial charge in [0, 0.05) is 6.42 Å². The van der Waals surface area contributed by atoms with Crippen LogP contribution >= 0.6 is 11.3 Å². The van der Waals surface area contributed by atoms with Gasteiger partial charge in [-0.3, -0.25) is 4.79 Å². The third-order valence-corrected chi connectivity index (χ3v) is 6.16. The summed E-state index contributed by atoms with van der Waals surface area (Å²) in [6, 6.07) is 14.0. The van der Waals surface area contributed by atoms with Crippen molar-refractivity contribution in [2.45, 2.75) is 18.2 Å². The maximum atomic E-state index is 12.2. The van der Waals surface area contributed by atoms with Crippen LogP contribution in [-0.2, 0) is 14.6 Å². The minimum Gasteiger partial charge on any atom is -0.302 e. The normalized spacial score (nSPS) is 11.5. The van der Waals surface area contributed by atoms with Gasteiger partial charge in [-0.15, -0.1) is 0 Å². The Morgan fingerprint density at radius 3 is 2.67 bits per heavy atom. The van der Waals surface area contributed by atoms with E-state index in [9.17, 15) is 13.2 Å². The van der Waals surface area contributed by atoms with Crippen molar-refractivity contribution in [2.75, 3.05) is 11.1 Å². The zero-order valence-corrected chi connectivity index (χ0v) is 14.7. The van der Waals surface area contributed by atoms with Crippen LogP contribution in [0, 0.1) is 6.92 Å². The first kappa shape index (κ1) is 16.6. The van der Waals surface area contributed by atoms with Crippen molar-refractivity contribution >= 4 is 42.4 Å². The van der Waals surface area contributed by atoms with Gasteiger partial charge in [-0.2, -0.15) is 0 Å². The number of amides is 1. The van der Waals surface area contributed by atoms with E-state index in [0.29, 0.717) is 5.13 Å². The minimum atomic E-state index is -3.46. The maximum Gasteiger partial charge on any atom is 0.227 e. The molecule has 0 atom stereocenters. The topological polar surface area (TPSA) is 76.1 Å². The highest BCUT2D eigenvalue weighted by Gasteiger charge is 2.16. The molecular formula is C17H16N2O3S2. The highest BCUT2D eigenvalue weighted by Crippen LogP contribution is 2.26. The molecule has 0 aliphatic heterocycles. The van der Waals surface area contributed by atoms with Crippen molar-refractivity contribution in [2.24, 2.45) is 0 Å². The van der Waals surface area contributed by atoms with Gasteiger partial charge in [-0.05, 0) is 36.8 Å². The van der Waals surface area contributed by atoms with Crippen LogP contribution in [0.1, 0.15) is 12.0 Å². The zero-order chi connectivity index (χ0) is 17.2. The first-order chi connectivity index (χ1) is 11.4. The molecule has 5 nitrogen and oxygen atoms in total. The summed E-state index contributed by atoms with van der Waals surface area (Å²) in [6.07, 6.45) is -0.105. The Morgan fingerprint density at radius 1 is 1.17 bits per heavy atom. The molecule has 7 heteroatoms. The third kappa shape index (κ3) is 3.80. The van der Waals surface area contributed by atoms with Gasteiger partial charge >= 0.3 is 0 Å². The van der Waals surface area contributed by atoms with E-state index in [2.05, 4.69) is 10.3 Å². The lowest BCUT2D eigenvalue weighted by atomic mass is 10.2. The molecule has 0 fully saturated rings. The van der Waals surface area contributed by atoms with Gasteiger partial charge in [0.15, 0.2) is 15.0 Å². The van der Waals surface area contributed by atoms with Gasteiger partial charge in [0.2, 0.25) is 5.91 Å². The number of carbonyl (C=O) groups excluding carboxylic acids is 1. The zero-order valence-electron chi connectivity index (χ0n) is 13.0. The standard InChI is InChI=1S/C17H16N2O3S2/c1-12-7-8-14-15(11-12)23-17(18-14)19-16(20)9-10-24(21,22)13-5-3-2-4-6-13/h2-8,11H,9-10H2,1H3,(H,18,19,20). The van der Waals surface area contributed by atoms with Crippen LogP contribution in [0.4, 0.5) is 5.13 Å².